The number of hydrogen-bond donors (Lipinski definition) is 1. The van der Waals surface area contributed by atoms with Crippen molar-refractivity contribution in [3.05, 3.63) is 41.3 Å². The number of fused-ring (bicyclic) bond motifs is 1. The monoisotopic (exact) mass is 288 g/mol. The van der Waals surface area contributed by atoms with Crippen LogP contribution in [-0.4, -0.2) is 23.1 Å². The number of rotatable bonds is 2. The number of aryl methyl sites for hydroxylation is 2. The number of benzene rings is 1. The van der Waals surface area contributed by atoms with E-state index in [1.807, 2.05) is 26.0 Å². The van der Waals surface area contributed by atoms with E-state index in [1.54, 1.807) is 0 Å². The highest BCUT2D eigenvalue weighted by Gasteiger charge is 2.40. The first-order valence-corrected chi connectivity index (χ1v) is 7.37. The summed E-state index contributed by atoms with van der Waals surface area (Å²) in [4.78, 5) is 12.5. The number of hydrogen-bond acceptors (Lipinski definition) is 4. The maximum absolute atomic E-state index is 12.5. The number of carbonyl (C=O) groups excluding carboxylic acids is 1. The molecule has 1 fully saturated rings. The molecule has 3 rings (SSSR count). The topological polar surface area (TPSA) is 55.8 Å². The second kappa shape index (κ2) is 5.53. The lowest BCUT2D eigenvalue weighted by molar-refractivity contribution is -0.132. The van der Waals surface area contributed by atoms with Crippen LogP contribution in [0.1, 0.15) is 30.4 Å². The maximum Gasteiger partial charge on any atom is 0.207 e. The molecule has 0 bridgehead atoms. The van der Waals surface area contributed by atoms with Gasteiger partial charge in [0.15, 0.2) is 0 Å². The molecule has 1 aromatic carbocycles. The molecule has 0 aromatic heterocycles. The third kappa shape index (κ3) is 2.95. The predicted molar refractivity (Wildman–Crippen MR) is 77.9 cm³/mol. The van der Waals surface area contributed by atoms with Gasteiger partial charge >= 0.3 is 0 Å². The van der Waals surface area contributed by atoms with E-state index in [0.717, 1.165) is 11.1 Å². The Labute approximate surface area is 124 Å². The van der Waals surface area contributed by atoms with Gasteiger partial charge in [0.05, 0.1) is 12.0 Å². The van der Waals surface area contributed by atoms with Crippen LogP contribution >= 0.6 is 0 Å². The zero-order chi connectivity index (χ0) is 15.0. The first kappa shape index (κ1) is 14.1. The zero-order valence-corrected chi connectivity index (χ0v) is 12.3. The molecule has 3 atom stereocenters. The van der Waals surface area contributed by atoms with E-state index < -0.39 is 0 Å². The van der Waals surface area contributed by atoms with Crippen molar-refractivity contribution < 1.29 is 19.4 Å². The van der Waals surface area contributed by atoms with Crippen LogP contribution in [0.4, 0.5) is 0 Å². The Hall–Kier alpha value is -1.81. The molecule has 4 heteroatoms. The van der Waals surface area contributed by atoms with Crippen LogP contribution < -0.4 is 4.74 Å². The van der Waals surface area contributed by atoms with Gasteiger partial charge in [-0.15, -0.1) is 0 Å². The normalized spacial score (nSPS) is 28.4. The van der Waals surface area contributed by atoms with Crippen molar-refractivity contribution in [2.24, 2.45) is 5.92 Å². The Bertz CT molecular complexity index is 570. The molecule has 0 spiro atoms. The van der Waals surface area contributed by atoms with E-state index in [-0.39, 0.29) is 29.7 Å². The number of ether oxygens (including phenoxy) is 2. The average Bonchev–Trinajstić information content (AvgIpc) is 2.41. The lowest BCUT2D eigenvalue weighted by atomic mass is 9.80. The molecule has 4 nitrogen and oxygen atoms in total. The SMILES string of the molecule is Cc1cc(C)cc(OC2=COC3CC(O)CCC3C2=O)c1. The lowest BCUT2D eigenvalue weighted by Crippen LogP contribution is -2.41. The molecule has 2 aliphatic rings. The summed E-state index contributed by atoms with van der Waals surface area (Å²) in [7, 11) is 0. The van der Waals surface area contributed by atoms with Gasteiger partial charge in [0.25, 0.3) is 0 Å². The van der Waals surface area contributed by atoms with Gasteiger partial charge in [0, 0.05) is 6.42 Å². The number of aliphatic hydroxyl groups is 1. The van der Waals surface area contributed by atoms with E-state index in [4.69, 9.17) is 9.47 Å². The van der Waals surface area contributed by atoms with Crippen LogP contribution in [0.3, 0.4) is 0 Å². The summed E-state index contributed by atoms with van der Waals surface area (Å²) in [5.41, 5.74) is 2.18. The van der Waals surface area contributed by atoms with E-state index in [9.17, 15) is 9.90 Å². The smallest absolute Gasteiger partial charge is 0.207 e. The standard InChI is InChI=1S/C17H20O4/c1-10-5-11(2)7-13(6-10)21-16-9-20-15-8-12(18)3-4-14(15)17(16)19/h5-7,9,12,14-15,18H,3-4,8H2,1-2H3. The number of Topliss-reactive ketones (excluding diaryl/α,β-unsaturated/α-hetero) is 1. The van der Waals surface area contributed by atoms with E-state index >= 15 is 0 Å². The minimum Gasteiger partial charge on any atom is -0.493 e. The highest BCUT2D eigenvalue weighted by atomic mass is 16.5. The second-order valence-corrected chi connectivity index (χ2v) is 6.02. The highest BCUT2D eigenvalue weighted by molar-refractivity contribution is 5.96. The molecule has 1 aliphatic carbocycles. The summed E-state index contributed by atoms with van der Waals surface area (Å²) in [5, 5.41) is 9.65. The first-order valence-electron chi connectivity index (χ1n) is 7.37. The molecule has 1 aliphatic heterocycles. The average molecular weight is 288 g/mol. The summed E-state index contributed by atoms with van der Waals surface area (Å²) in [6, 6.07) is 5.86. The summed E-state index contributed by atoms with van der Waals surface area (Å²) in [6.45, 7) is 3.98. The fourth-order valence-electron chi connectivity index (χ4n) is 3.14. The Morgan fingerprint density at radius 1 is 1.19 bits per heavy atom. The molecule has 0 radical (unpaired) electrons. The Balaban J connectivity index is 1.78. The van der Waals surface area contributed by atoms with Gasteiger partial charge in [-0.25, -0.2) is 0 Å². The van der Waals surface area contributed by atoms with Crippen LogP contribution in [0.5, 0.6) is 5.75 Å². The molecule has 1 aromatic rings. The van der Waals surface area contributed by atoms with Crippen LogP contribution in [0.2, 0.25) is 0 Å². The van der Waals surface area contributed by atoms with Crippen molar-refractivity contribution in [1.82, 2.24) is 0 Å². The predicted octanol–water partition coefficient (Wildman–Crippen LogP) is 2.65. The molecular formula is C17H20O4. The van der Waals surface area contributed by atoms with Gasteiger partial charge in [0.2, 0.25) is 11.5 Å². The fraction of sp³-hybridized carbons (Fsp3) is 0.471. The lowest BCUT2D eigenvalue weighted by Gasteiger charge is -2.35. The summed E-state index contributed by atoms with van der Waals surface area (Å²) in [6.07, 6.45) is 2.64. The second-order valence-electron chi connectivity index (χ2n) is 6.02. The summed E-state index contributed by atoms with van der Waals surface area (Å²) < 4.78 is 11.3. The minimum atomic E-state index is -0.366. The molecule has 1 saturated carbocycles. The van der Waals surface area contributed by atoms with Crippen LogP contribution in [0.25, 0.3) is 0 Å². The van der Waals surface area contributed by atoms with E-state index in [0.29, 0.717) is 25.0 Å². The zero-order valence-electron chi connectivity index (χ0n) is 12.3. The Kier molecular flexibility index (Phi) is 3.72. The fourth-order valence-corrected chi connectivity index (χ4v) is 3.14. The van der Waals surface area contributed by atoms with Crippen LogP contribution in [0.15, 0.2) is 30.2 Å². The van der Waals surface area contributed by atoms with Crippen LogP contribution in [-0.2, 0) is 9.53 Å². The van der Waals surface area contributed by atoms with Gasteiger partial charge < -0.3 is 14.6 Å². The largest absolute Gasteiger partial charge is 0.493 e. The van der Waals surface area contributed by atoms with Gasteiger partial charge in [-0.3, -0.25) is 4.79 Å². The number of carbonyl (C=O) groups is 1. The third-order valence-electron chi connectivity index (χ3n) is 4.12. The quantitative estimate of drug-likeness (QED) is 0.909. The van der Waals surface area contributed by atoms with Crippen molar-refractivity contribution in [1.29, 1.82) is 0 Å². The molecule has 21 heavy (non-hydrogen) atoms. The van der Waals surface area contributed by atoms with Crippen LogP contribution in [0, 0.1) is 19.8 Å². The molecular weight excluding hydrogens is 268 g/mol. The Morgan fingerprint density at radius 3 is 2.62 bits per heavy atom. The highest BCUT2D eigenvalue weighted by Crippen LogP contribution is 2.34. The van der Waals surface area contributed by atoms with Gasteiger partial charge in [0.1, 0.15) is 18.1 Å². The molecule has 3 unspecified atom stereocenters. The number of allylic oxidation sites excluding steroid dienone is 1. The van der Waals surface area contributed by atoms with Gasteiger partial charge in [-0.2, -0.15) is 0 Å². The summed E-state index contributed by atoms with van der Waals surface area (Å²) in [5.74, 6) is 0.708. The molecule has 1 N–H and O–H groups in total. The third-order valence-corrected chi connectivity index (χ3v) is 4.12. The maximum atomic E-state index is 12.5. The Morgan fingerprint density at radius 2 is 1.90 bits per heavy atom. The number of ketones is 1. The minimum absolute atomic E-state index is 0.0164. The number of aliphatic hydroxyl groups excluding tert-OH is 1. The van der Waals surface area contributed by atoms with E-state index in [1.165, 1.54) is 6.26 Å². The first-order chi connectivity index (χ1) is 10.0. The molecule has 0 saturated heterocycles. The van der Waals surface area contributed by atoms with Gasteiger partial charge in [-0.1, -0.05) is 6.07 Å². The molecule has 112 valence electrons. The van der Waals surface area contributed by atoms with Crippen molar-refractivity contribution in [2.45, 2.75) is 45.3 Å². The van der Waals surface area contributed by atoms with Crippen molar-refractivity contribution >= 4 is 5.78 Å². The molecule has 1 heterocycles. The van der Waals surface area contributed by atoms with Crippen molar-refractivity contribution in [3.63, 3.8) is 0 Å². The molecule has 0 amide bonds. The van der Waals surface area contributed by atoms with Crippen molar-refractivity contribution in [2.75, 3.05) is 0 Å². The van der Waals surface area contributed by atoms with Crippen molar-refractivity contribution in [3.8, 4) is 5.75 Å². The summed E-state index contributed by atoms with van der Waals surface area (Å²) >= 11 is 0. The van der Waals surface area contributed by atoms with E-state index in [2.05, 4.69) is 6.07 Å². The van der Waals surface area contributed by atoms with Gasteiger partial charge in [-0.05, 0) is 49.9 Å².